The van der Waals surface area contributed by atoms with E-state index in [-0.39, 0.29) is 0 Å². The molecule has 0 bridgehead atoms. The lowest BCUT2D eigenvalue weighted by atomic mass is 10.1. The van der Waals surface area contributed by atoms with E-state index in [1.54, 1.807) is 6.07 Å². The molecule has 4 nitrogen and oxygen atoms in total. The predicted octanol–water partition coefficient (Wildman–Crippen LogP) is 3.83. The van der Waals surface area contributed by atoms with Gasteiger partial charge in [0.05, 0.1) is 13.2 Å². The molecule has 0 saturated carbocycles. The van der Waals surface area contributed by atoms with Gasteiger partial charge in [-0.2, -0.15) is 0 Å². The molecule has 3 rings (SSSR count). The molecule has 0 saturated heterocycles. The van der Waals surface area contributed by atoms with Gasteiger partial charge in [0.15, 0.2) is 11.5 Å². The number of hydrogen-bond acceptors (Lipinski definition) is 4. The molecule has 2 heterocycles. The zero-order chi connectivity index (χ0) is 15.0. The number of carboxylic acids is 1. The topological polar surface area (TPSA) is 55.8 Å². The Morgan fingerprint density at radius 2 is 1.95 bits per heavy atom. The maximum absolute atomic E-state index is 11.1. The molecule has 21 heavy (non-hydrogen) atoms. The van der Waals surface area contributed by atoms with Crippen molar-refractivity contribution in [1.82, 2.24) is 0 Å². The van der Waals surface area contributed by atoms with E-state index >= 15 is 0 Å². The van der Waals surface area contributed by atoms with Crippen molar-refractivity contribution in [1.29, 1.82) is 0 Å². The van der Waals surface area contributed by atoms with E-state index in [2.05, 4.69) is 6.92 Å². The Kier molecular flexibility index (Phi) is 3.59. The third-order valence-electron chi connectivity index (χ3n) is 3.38. The van der Waals surface area contributed by atoms with E-state index in [1.165, 1.54) is 11.3 Å². The van der Waals surface area contributed by atoms with Crippen molar-refractivity contribution < 1.29 is 19.4 Å². The lowest BCUT2D eigenvalue weighted by Crippen LogP contribution is -2.12. The molecule has 1 aromatic carbocycles. The number of carbonyl (C=O) groups is 1. The summed E-state index contributed by atoms with van der Waals surface area (Å²) in [5, 5.41) is 9.09. The van der Waals surface area contributed by atoms with E-state index < -0.39 is 5.97 Å². The molecule has 1 aliphatic heterocycles. The van der Waals surface area contributed by atoms with Crippen molar-refractivity contribution in [3.63, 3.8) is 0 Å². The number of aryl methyl sites for hydroxylation is 1. The van der Waals surface area contributed by atoms with Crippen LogP contribution in [0.2, 0.25) is 0 Å². The summed E-state index contributed by atoms with van der Waals surface area (Å²) in [5.41, 5.74) is 1.92. The zero-order valence-electron chi connectivity index (χ0n) is 11.9. The summed E-state index contributed by atoms with van der Waals surface area (Å²) in [5.74, 6) is 0.928. The molecular formula is C16H16O4S. The number of carboxylic acid groups (broad SMARTS) is 1. The summed E-state index contributed by atoms with van der Waals surface area (Å²) >= 11 is 1.28. The minimum atomic E-state index is -0.891. The van der Waals surface area contributed by atoms with Crippen molar-refractivity contribution >= 4 is 17.3 Å². The third kappa shape index (κ3) is 2.74. The van der Waals surface area contributed by atoms with Crippen LogP contribution in [0.1, 0.15) is 22.2 Å². The number of ether oxygens (including phenoxy) is 2. The molecule has 0 radical (unpaired) electrons. The Morgan fingerprint density at radius 3 is 2.62 bits per heavy atom. The Balaban J connectivity index is 1.99. The normalized spacial score (nSPS) is 17.3. The smallest absolute Gasteiger partial charge is 0.345 e. The first-order chi connectivity index (χ1) is 10.0. The highest BCUT2D eigenvalue weighted by atomic mass is 32.1. The Labute approximate surface area is 126 Å². The molecule has 110 valence electrons. The highest BCUT2D eigenvalue weighted by Crippen LogP contribution is 2.38. The number of rotatable bonds is 2. The van der Waals surface area contributed by atoms with Gasteiger partial charge in [-0.3, -0.25) is 0 Å². The molecular weight excluding hydrogens is 288 g/mol. The average molecular weight is 304 g/mol. The third-order valence-corrected chi connectivity index (χ3v) is 4.66. The van der Waals surface area contributed by atoms with Crippen LogP contribution in [0.3, 0.4) is 0 Å². The number of benzene rings is 1. The molecule has 0 aliphatic carbocycles. The minimum absolute atomic E-state index is 0.350. The quantitative estimate of drug-likeness (QED) is 0.916. The lowest BCUT2D eigenvalue weighted by molar-refractivity contribution is 0.0702. The van der Waals surface area contributed by atoms with Gasteiger partial charge in [0, 0.05) is 10.8 Å². The van der Waals surface area contributed by atoms with Crippen molar-refractivity contribution in [3.05, 3.63) is 34.7 Å². The van der Waals surface area contributed by atoms with E-state index in [1.807, 2.05) is 25.1 Å². The molecule has 2 aromatic rings. The van der Waals surface area contributed by atoms with Crippen LogP contribution in [0.15, 0.2) is 24.3 Å². The van der Waals surface area contributed by atoms with Crippen LogP contribution in [-0.4, -0.2) is 24.3 Å². The van der Waals surface area contributed by atoms with Gasteiger partial charge >= 0.3 is 5.97 Å². The summed E-state index contributed by atoms with van der Waals surface area (Å²) in [6.45, 7) is 5.27. The van der Waals surface area contributed by atoms with E-state index in [4.69, 9.17) is 14.6 Å². The SMILES string of the molecule is Cc1cc(C(=O)O)sc1-c1ccc2c(c1)OCC(C)CO2. The van der Waals surface area contributed by atoms with Gasteiger partial charge in [-0.1, -0.05) is 6.92 Å². The fraction of sp³-hybridized carbons (Fsp3) is 0.312. The minimum Gasteiger partial charge on any atom is -0.489 e. The first-order valence-corrected chi connectivity index (χ1v) is 7.60. The zero-order valence-corrected chi connectivity index (χ0v) is 12.7. The number of hydrogen-bond donors (Lipinski definition) is 1. The van der Waals surface area contributed by atoms with Gasteiger partial charge in [0.1, 0.15) is 4.88 Å². The second kappa shape index (κ2) is 5.41. The fourth-order valence-electron chi connectivity index (χ4n) is 2.27. The average Bonchev–Trinajstić information content (AvgIpc) is 2.75. The molecule has 0 fully saturated rings. The Morgan fingerprint density at radius 1 is 1.24 bits per heavy atom. The highest BCUT2D eigenvalue weighted by molar-refractivity contribution is 7.17. The van der Waals surface area contributed by atoms with Gasteiger partial charge < -0.3 is 14.6 Å². The second-order valence-corrected chi connectivity index (χ2v) is 6.37. The van der Waals surface area contributed by atoms with Crippen molar-refractivity contribution in [2.24, 2.45) is 5.92 Å². The van der Waals surface area contributed by atoms with Crippen LogP contribution in [-0.2, 0) is 0 Å². The van der Waals surface area contributed by atoms with E-state index in [0.29, 0.717) is 24.0 Å². The van der Waals surface area contributed by atoms with Crippen molar-refractivity contribution in [2.75, 3.05) is 13.2 Å². The van der Waals surface area contributed by atoms with Gasteiger partial charge in [-0.15, -0.1) is 11.3 Å². The molecule has 1 aliphatic rings. The van der Waals surface area contributed by atoms with Crippen LogP contribution in [0.25, 0.3) is 10.4 Å². The maximum Gasteiger partial charge on any atom is 0.345 e. The van der Waals surface area contributed by atoms with Crippen molar-refractivity contribution in [3.8, 4) is 21.9 Å². The monoisotopic (exact) mass is 304 g/mol. The summed E-state index contributed by atoms with van der Waals surface area (Å²) in [6.07, 6.45) is 0. The lowest BCUT2D eigenvalue weighted by Gasteiger charge is -2.09. The first-order valence-electron chi connectivity index (χ1n) is 6.78. The Hall–Kier alpha value is -2.01. The van der Waals surface area contributed by atoms with E-state index in [9.17, 15) is 4.79 Å². The molecule has 1 aromatic heterocycles. The highest BCUT2D eigenvalue weighted by Gasteiger charge is 2.18. The standard InChI is InChI=1S/C16H16O4S/c1-9-7-19-12-4-3-11(6-13(12)20-8-9)15-10(2)5-14(21-15)16(17)18/h3-6,9H,7-8H2,1-2H3,(H,17,18). The molecule has 1 N–H and O–H groups in total. The largest absolute Gasteiger partial charge is 0.489 e. The summed E-state index contributed by atoms with van der Waals surface area (Å²) in [6, 6.07) is 7.47. The van der Waals surface area contributed by atoms with E-state index in [0.717, 1.165) is 27.5 Å². The predicted molar refractivity (Wildman–Crippen MR) is 81.6 cm³/mol. The van der Waals surface area contributed by atoms with Crippen LogP contribution in [0.5, 0.6) is 11.5 Å². The van der Waals surface area contributed by atoms with Crippen LogP contribution in [0, 0.1) is 12.8 Å². The maximum atomic E-state index is 11.1. The van der Waals surface area contributed by atoms with Gasteiger partial charge in [0.25, 0.3) is 0 Å². The number of aromatic carboxylic acids is 1. The van der Waals surface area contributed by atoms with Gasteiger partial charge in [0.2, 0.25) is 0 Å². The summed E-state index contributed by atoms with van der Waals surface area (Å²) in [7, 11) is 0. The van der Waals surface area contributed by atoms with Crippen LogP contribution in [0.4, 0.5) is 0 Å². The number of thiophene rings is 1. The summed E-state index contributed by atoms with van der Waals surface area (Å²) in [4.78, 5) is 12.4. The van der Waals surface area contributed by atoms with Crippen LogP contribution >= 0.6 is 11.3 Å². The first kappa shape index (κ1) is 13.9. The second-order valence-electron chi connectivity index (χ2n) is 5.32. The fourth-order valence-corrected chi connectivity index (χ4v) is 3.28. The van der Waals surface area contributed by atoms with Crippen molar-refractivity contribution in [2.45, 2.75) is 13.8 Å². The summed E-state index contributed by atoms with van der Waals surface area (Å²) < 4.78 is 11.5. The van der Waals surface area contributed by atoms with Gasteiger partial charge in [-0.05, 0) is 42.3 Å². The van der Waals surface area contributed by atoms with Gasteiger partial charge in [-0.25, -0.2) is 4.79 Å². The number of fused-ring (bicyclic) bond motifs is 1. The molecule has 0 amide bonds. The molecule has 0 spiro atoms. The van der Waals surface area contributed by atoms with Crippen LogP contribution < -0.4 is 9.47 Å². The molecule has 1 atom stereocenters. The molecule has 1 unspecified atom stereocenters. The Bertz CT molecular complexity index is 690. The molecule has 5 heteroatoms.